The summed E-state index contributed by atoms with van der Waals surface area (Å²) >= 11 is 2.99. The number of Topliss-reactive ketones (excluding diaryl/α,β-unsaturated/α-hetero) is 1. The van der Waals surface area contributed by atoms with Crippen molar-refractivity contribution in [3.05, 3.63) is 77.1 Å². The molecule has 2 heterocycles. The number of allylic oxidation sites excluding steroid dienone is 8. The van der Waals surface area contributed by atoms with Gasteiger partial charge in [-0.25, -0.2) is 0 Å². The van der Waals surface area contributed by atoms with Gasteiger partial charge in [-0.05, 0) is 0 Å². The Balaban J connectivity index is 2.21. The van der Waals surface area contributed by atoms with Crippen LogP contribution in [-0.4, -0.2) is 42.8 Å². The predicted molar refractivity (Wildman–Crippen MR) is 174 cm³/mol. The van der Waals surface area contributed by atoms with Gasteiger partial charge >= 0.3 is 259 Å². The summed E-state index contributed by atoms with van der Waals surface area (Å²) in [6.07, 6.45) is 7.26. The summed E-state index contributed by atoms with van der Waals surface area (Å²) in [5, 5.41) is 3.58. The van der Waals surface area contributed by atoms with Gasteiger partial charge in [0, 0.05) is 0 Å². The molecule has 0 unspecified atom stereocenters. The van der Waals surface area contributed by atoms with Crippen molar-refractivity contribution in [3.63, 3.8) is 0 Å². The molecule has 0 atom stereocenters. The van der Waals surface area contributed by atoms with Crippen LogP contribution in [0.15, 0.2) is 62.7 Å². The van der Waals surface area contributed by atoms with Crippen LogP contribution in [0.1, 0.15) is 111 Å². The van der Waals surface area contributed by atoms with Gasteiger partial charge < -0.3 is 0 Å². The van der Waals surface area contributed by atoms with E-state index in [9.17, 15) is 4.79 Å². The molecule has 3 nitrogen and oxygen atoms in total. The van der Waals surface area contributed by atoms with E-state index in [4.69, 9.17) is 4.74 Å². The standard InChI is InChI=1S/C35H49NO2Se2/c1-14-15-36-28-23(16-21-17-26(33(5,6)7)40-27(18-21)34(8,9)10)29(37)24(28)19-22-20-25(32(2,3)4)38-31(30(22)39)35(11,12)13/h16-20H,14-15H2,1-13H3,(H-,36,37,39)/p+1. The van der Waals surface area contributed by atoms with E-state index in [2.05, 4.69) is 142 Å². The van der Waals surface area contributed by atoms with E-state index in [0.29, 0.717) is 14.5 Å². The summed E-state index contributed by atoms with van der Waals surface area (Å²) in [5.74, 6) is 1.96. The first-order valence-electron chi connectivity index (χ1n) is 14.4. The van der Waals surface area contributed by atoms with Crippen molar-refractivity contribution < 1.29 is 9.53 Å². The summed E-state index contributed by atoms with van der Waals surface area (Å²) in [6.45, 7) is 29.7. The zero-order chi connectivity index (χ0) is 30.4. The van der Waals surface area contributed by atoms with E-state index in [1.54, 1.807) is 0 Å². The van der Waals surface area contributed by atoms with Crippen molar-refractivity contribution in [2.45, 2.75) is 107 Å². The predicted octanol–water partition coefficient (Wildman–Crippen LogP) is 7.88. The monoisotopic (exact) mass is 676 g/mol. The number of hydrogen-bond donors (Lipinski definition) is 1. The van der Waals surface area contributed by atoms with Crippen LogP contribution < -0.4 is 5.32 Å². The number of carbonyl (C=O) groups excluding carboxylic acids is 1. The number of rotatable bonds is 5. The summed E-state index contributed by atoms with van der Waals surface area (Å²) in [4.78, 5) is 13.8. The van der Waals surface area contributed by atoms with Gasteiger partial charge in [0.1, 0.15) is 0 Å². The quantitative estimate of drug-likeness (QED) is 0.255. The SMILES string of the molecule is CCCNC1=C(C=C2C=C(C(C)(C)C)OC(C(C)(C)C)=C2[SeH])C(=O)C1=Cc1cc(C(C)(C)C)[se+]c(C(C)(C)C)c1. The number of nitrogens with one attached hydrogen (secondary N) is 1. The maximum atomic E-state index is 13.8. The van der Waals surface area contributed by atoms with Crippen molar-refractivity contribution in [1.29, 1.82) is 0 Å². The third kappa shape index (κ3) is 7.40. The molecule has 0 saturated carbocycles. The molecule has 40 heavy (non-hydrogen) atoms. The average molecular weight is 675 g/mol. The van der Waals surface area contributed by atoms with Crippen molar-refractivity contribution in [1.82, 2.24) is 5.32 Å². The van der Waals surface area contributed by atoms with Crippen molar-refractivity contribution in [3.8, 4) is 0 Å². The number of ketones is 1. The number of hydrogen-bond acceptors (Lipinski definition) is 3. The van der Waals surface area contributed by atoms with E-state index in [-0.39, 0.29) is 27.4 Å². The van der Waals surface area contributed by atoms with E-state index in [0.717, 1.165) is 56.9 Å². The van der Waals surface area contributed by atoms with Crippen molar-refractivity contribution >= 4 is 42.4 Å². The Bertz CT molecular complexity index is 1310. The Morgan fingerprint density at radius 3 is 1.85 bits per heavy atom. The summed E-state index contributed by atoms with van der Waals surface area (Å²) in [5.41, 5.74) is 4.51. The molecule has 1 N–H and O–H groups in total. The Hall–Kier alpha value is -1.64. The van der Waals surface area contributed by atoms with Crippen LogP contribution in [0.3, 0.4) is 0 Å². The van der Waals surface area contributed by atoms with Crippen LogP contribution in [-0.2, 0) is 20.4 Å². The van der Waals surface area contributed by atoms with Crippen LogP contribution >= 0.6 is 0 Å². The van der Waals surface area contributed by atoms with E-state index in [1.165, 1.54) is 8.87 Å². The third-order valence-electron chi connectivity index (χ3n) is 6.89. The van der Waals surface area contributed by atoms with Crippen LogP contribution in [0.2, 0.25) is 0 Å². The minimum absolute atomic E-state index is 0.0971. The van der Waals surface area contributed by atoms with Gasteiger partial charge in [0.15, 0.2) is 0 Å². The molecular formula is C35H50NO2Se2+. The molecule has 218 valence electrons. The molecule has 3 rings (SSSR count). The molecule has 1 aromatic heterocycles. The Labute approximate surface area is 257 Å². The summed E-state index contributed by atoms with van der Waals surface area (Å²) in [7, 11) is 0. The first-order chi connectivity index (χ1) is 18.1. The van der Waals surface area contributed by atoms with Crippen LogP contribution in [0.4, 0.5) is 0 Å². The van der Waals surface area contributed by atoms with E-state index in [1.807, 2.05) is 0 Å². The Kier molecular flexibility index (Phi) is 9.50. The molecular weight excluding hydrogens is 624 g/mol. The first kappa shape index (κ1) is 32.9. The Morgan fingerprint density at radius 2 is 1.40 bits per heavy atom. The van der Waals surface area contributed by atoms with Gasteiger partial charge in [-0.3, -0.25) is 0 Å². The molecule has 0 aromatic carbocycles. The second-order valence-electron chi connectivity index (χ2n) is 15.1. The zero-order valence-corrected chi connectivity index (χ0v) is 30.6. The second-order valence-corrected chi connectivity index (χ2v) is 18.3. The molecule has 0 bridgehead atoms. The molecule has 2 aliphatic rings. The molecule has 1 aliphatic heterocycles. The van der Waals surface area contributed by atoms with Gasteiger partial charge in [0.2, 0.25) is 0 Å². The fourth-order valence-corrected chi connectivity index (χ4v) is 8.02. The molecule has 5 heteroatoms. The minimum atomic E-state index is -0.161. The van der Waals surface area contributed by atoms with Crippen molar-refractivity contribution in [2.75, 3.05) is 6.54 Å². The van der Waals surface area contributed by atoms with Gasteiger partial charge in [0.25, 0.3) is 0 Å². The normalized spacial score (nSPS) is 19.2. The fourth-order valence-electron chi connectivity index (χ4n) is 4.35. The second kappa shape index (κ2) is 11.6. The fraction of sp³-hybridized carbons (Fsp3) is 0.543. The van der Waals surface area contributed by atoms with E-state index < -0.39 is 0 Å². The molecule has 0 saturated heterocycles. The summed E-state index contributed by atoms with van der Waals surface area (Å²) < 4.78 is 10.4. The van der Waals surface area contributed by atoms with Gasteiger partial charge in [-0.15, -0.1) is 0 Å². The van der Waals surface area contributed by atoms with Gasteiger partial charge in [-0.1, -0.05) is 0 Å². The topological polar surface area (TPSA) is 38.3 Å². The molecule has 0 amide bonds. The van der Waals surface area contributed by atoms with Crippen molar-refractivity contribution in [2.24, 2.45) is 10.8 Å². The van der Waals surface area contributed by atoms with Crippen LogP contribution in [0.5, 0.6) is 0 Å². The van der Waals surface area contributed by atoms with Crippen LogP contribution in [0, 0.1) is 10.8 Å². The molecule has 0 spiro atoms. The molecule has 0 fully saturated rings. The molecule has 0 radical (unpaired) electrons. The average Bonchev–Trinajstić information content (AvgIpc) is 2.80. The van der Waals surface area contributed by atoms with Crippen LogP contribution in [0.25, 0.3) is 6.08 Å². The van der Waals surface area contributed by atoms with E-state index >= 15 is 0 Å². The number of ether oxygens (including phenoxy) is 1. The Morgan fingerprint density at radius 1 is 0.850 bits per heavy atom. The number of carbonyl (C=O) groups is 1. The molecule has 1 aromatic rings. The van der Waals surface area contributed by atoms with Gasteiger partial charge in [0.05, 0.1) is 0 Å². The zero-order valence-electron chi connectivity index (χ0n) is 27.0. The first-order valence-corrected chi connectivity index (χ1v) is 17.1. The summed E-state index contributed by atoms with van der Waals surface area (Å²) in [6, 6.07) is 4.64. The molecule has 1 aliphatic carbocycles. The third-order valence-corrected chi connectivity index (χ3v) is 11.8. The van der Waals surface area contributed by atoms with Gasteiger partial charge in [-0.2, -0.15) is 0 Å². The maximum absolute atomic E-state index is 13.8.